The number of aryl methyl sites for hydroxylation is 7. The third kappa shape index (κ3) is 33.1. The molecule has 0 bridgehead atoms. The second-order valence-electron chi connectivity index (χ2n) is 26.3. The average Bonchev–Trinajstić information content (AvgIpc) is 0.877. The van der Waals surface area contributed by atoms with Crippen LogP contribution in [0.3, 0.4) is 0 Å². The van der Waals surface area contributed by atoms with Crippen LogP contribution in [-0.2, 0) is 0 Å². The second kappa shape index (κ2) is 68.5. The Bertz CT molecular complexity index is 6330. The van der Waals surface area contributed by atoms with Gasteiger partial charge in [-0.3, -0.25) is 54.8 Å². The van der Waals surface area contributed by atoms with Crippen molar-refractivity contribution >= 4 is 152 Å². The van der Waals surface area contributed by atoms with Gasteiger partial charge in [-0.2, -0.15) is 0 Å². The first-order valence-corrected chi connectivity index (χ1v) is 49.1. The molecule has 0 spiro atoms. The van der Waals surface area contributed by atoms with Gasteiger partial charge in [0.25, 0.3) is 0 Å². The van der Waals surface area contributed by atoms with E-state index >= 15 is 0 Å². The van der Waals surface area contributed by atoms with E-state index in [4.69, 9.17) is 0 Å². The highest BCUT2D eigenvalue weighted by Crippen LogP contribution is 2.31. The van der Waals surface area contributed by atoms with E-state index in [1.165, 1.54) is 92.6 Å². The molecule has 0 N–H and O–H groups in total. The number of benzene rings is 10. The normalized spacial score (nSPS) is 9.32. The molecule has 0 saturated heterocycles. The van der Waals surface area contributed by atoms with Crippen LogP contribution in [0.15, 0.2) is 317 Å². The lowest BCUT2D eigenvalue weighted by molar-refractivity contribution is 1.25. The highest BCUT2D eigenvalue weighted by Gasteiger charge is 2.10. The van der Waals surface area contributed by atoms with Gasteiger partial charge in [0.1, 0.15) is 0 Å². The van der Waals surface area contributed by atoms with Crippen molar-refractivity contribution in [3.63, 3.8) is 0 Å². The predicted molar refractivity (Wildman–Crippen MR) is 598 cm³/mol. The van der Waals surface area contributed by atoms with Crippen molar-refractivity contribution < 1.29 is 0 Å². The van der Waals surface area contributed by atoms with Gasteiger partial charge in [0, 0.05) is 143 Å². The zero-order chi connectivity index (χ0) is 99.8. The van der Waals surface area contributed by atoms with Crippen LogP contribution >= 0.6 is 0 Å². The highest BCUT2D eigenvalue weighted by molar-refractivity contribution is 6.10. The molecule has 0 unspecified atom stereocenters. The summed E-state index contributed by atoms with van der Waals surface area (Å²) >= 11 is 0. The van der Waals surface area contributed by atoms with Crippen molar-refractivity contribution in [2.45, 2.75) is 242 Å². The van der Waals surface area contributed by atoms with Gasteiger partial charge < -0.3 is 0 Å². The molecule has 0 fully saturated rings. The SMILES string of the molecule is CC.CC.CC.CC.CC.CC.CC.CC.CC.CC.CC.CC.CC.CC.Cc1cc2cccnc2c2ncccc12.Cc1ccc2c(ccc3cccnc32)c1.Cc1ccc2ccc3cccnc3c2c1.Cc1ccc2ccc3cccnc3c2n1.Cc1cccc2c1ncc1ccccc12.Cc1ccnc2c1ccc1cccnc12.Cc1cnc2c(ccc3cccnc32)c1. The van der Waals surface area contributed by atoms with E-state index in [1.807, 2.05) is 323 Å². The minimum absolute atomic E-state index is 0.981. The van der Waals surface area contributed by atoms with Crippen LogP contribution in [0.25, 0.3) is 152 Å². The van der Waals surface area contributed by atoms with Crippen molar-refractivity contribution in [2.24, 2.45) is 0 Å². The molecule has 10 aromatic carbocycles. The van der Waals surface area contributed by atoms with Gasteiger partial charge in [0.2, 0.25) is 0 Å². The molecule has 0 saturated carbocycles. The zero-order valence-corrected chi connectivity index (χ0v) is 87.4. The third-order valence-electron chi connectivity index (χ3n) is 18.8. The average molecular weight is 1780 g/mol. The highest BCUT2D eigenvalue weighted by atomic mass is 14.8. The molecular weight excluding hydrogens is 1620 g/mol. The molecule has 21 aromatic rings. The second-order valence-corrected chi connectivity index (χ2v) is 26.3. The lowest BCUT2D eigenvalue weighted by Gasteiger charge is -2.04. The van der Waals surface area contributed by atoms with Gasteiger partial charge >= 0.3 is 0 Å². The van der Waals surface area contributed by atoms with Gasteiger partial charge in [-0.15, -0.1) is 0 Å². The van der Waals surface area contributed by atoms with Crippen LogP contribution in [0, 0.1) is 48.5 Å². The van der Waals surface area contributed by atoms with Crippen LogP contribution in [0.2, 0.25) is 0 Å². The van der Waals surface area contributed by atoms with Crippen molar-refractivity contribution in [1.29, 1.82) is 0 Å². The summed E-state index contributed by atoms with van der Waals surface area (Å²) in [4.78, 5) is 48.7. The molecule has 11 heterocycles. The number of rotatable bonds is 0. The predicted octanol–water partition coefficient (Wildman–Crippen LogP) is 37.8. The van der Waals surface area contributed by atoms with Gasteiger partial charge in [0.15, 0.2) is 0 Å². The Balaban J connectivity index is 0.000000742. The lowest BCUT2D eigenvalue weighted by atomic mass is 10.0. The van der Waals surface area contributed by atoms with Crippen LogP contribution in [0.4, 0.5) is 0 Å². The van der Waals surface area contributed by atoms with E-state index in [9.17, 15) is 0 Å². The van der Waals surface area contributed by atoms with Crippen LogP contribution in [0.1, 0.15) is 233 Å². The summed E-state index contributed by atoms with van der Waals surface area (Å²) in [6, 6.07) is 87.5. The molecule has 11 heteroatoms. The molecule has 0 aliphatic rings. The summed E-state index contributed by atoms with van der Waals surface area (Å²) in [7, 11) is 0. The fourth-order valence-corrected chi connectivity index (χ4v) is 13.5. The topological polar surface area (TPSA) is 142 Å². The molecule has 11 nitrogen and oxygen atoms in total. The Kier molecular flexibility index (Phi) is 60.5. The number of pyridine rings is 11. The number of hydrogen-bond acceptors (Lipinski definition) is 11. The summed E-state index contributed by atoms with van der Waals surface area (Å²) in [5.74, 6) is 0. The molecule has 700 valence electrons. The fourth-order valence-electron chi connectivity index (χ4n) is 13.5. The summed E-state index contributed by atoms with van der Waals surface area (Å²) in [6.45, 7) is 70.6. The number of hydrogen-bond donors (Lipinski definition) is 0. The summed E-state index contributed by atoms with van der Waals surface area (Å²) in [6.07, 6.45) is 18.4. The van der Waals surface area contributed by atoms with Crippen LogP contribution < -0.4 is 0 Å². The zero-order valence-electron chi connectivity index (χ0n) is 87.4. The third-order valence-corrected chi connectivity index (χ3v) is 18.8. The Labute approximate surface area is 800 Å². The maximum Gasteiger partial charge on any atom is 0.0967 e. The van der Waals surface area contributed by atoms with Crippen molar-refractivity contribution in [1.82, 2.24) is 54.8 Å². The first-order chi connectivity index (χ1) is 65.5. The van der Waals surface area contributed by atoms with Gasteiger partial charge in [-0.05, 0) is 160 Å². The summed E-state index contributed by atoms with van der Waals surface area (Å²) in [5.41, 5.74) is 19.7. The molecule has 0 atom stereocenters. The van der Waals surface area contributed by atoms with Crippen LogP contribution in [0.5, 0.6) is 0 Å². The largest absolute Gasteiger partial charge is 0.256 e. The van der Waals surface area contributed by atoms with E-state index in [-0.39, 0.29) is 0 Å². The molecular formula is C122H157N11. The number of nitrogens with zero attached hydrogens (tertiary/aromatic N) is 11. The molecule has 0 radical (unpaired) electrons. The van der Waals surface area contributed by atoms with Crippen molar-refractivity contribution in [3.8, 4) is 0 Å². The molecule has 21 rings (SSSR count). The van der Waals surface area contributed by atoms with E-state index in [1.54, 1.807) is 0 Å². The monoisotopic (exact) mass is 1780 g/mol. The lowest BCUT2D eigenvalue weighted by Crippen LogP contribution is -1.86. The Hall–Kier alpha value is -13.5. The molecule has 11 aromatic heterocycles. The number of aromatic nitrogens is 11. The molecule has 0 amide bonds. The van der Waals surface area contributed by atoms with Gasteiger partial charge in [0.05, 0.1) is 60.7 Å². The number of para-hydroxylation sites is 1. The van der Waals surface area contributed by atoms with Crippen LogP contribution in [-0.4, -0.2) is 54.8 Å². The summed E-state index contributed by atoms with van der Waals surface area (Å²) < 4.78 is 0. The quantitative estimate of drug-likeness (QED) is 0.134. The molecule has 0 aliphatic carbocycles. The Morgan fingerprint density at radius 2 is 0.459 bits per heavy atom. The van der Waals surface area contributed by atoms with Gasteiger partial charge in [-0.25, -0.2) is 0 Å². The first-order valence-electron chi connectivity index (χ1n) is 49.1. The standard InChI is InChI=1S/3C14H11N.4C13H10N2.14C2H6/c1-10-4-7-13-12(9-10)6-5-11-3-2-8-15-14(11)13;1-10-4-5-11-6-7-12-3-2-8-15-14(12)13(11)9-10;1-10-5-4-8-13-12-7-3-2-6-11(12)9-15-14(10)13;1-9-8-10-4-2-6-14-12(10)13-11(9)5-3-7-15-13;1-9-4-5-11-7-6-10-3-2-8-14-12(10)13(11)15-9;1-9-6-8-15-13-11(9)5-4-10-3-2-7-14-12(10)13;1-9-7-11-5-4-10-3-2-6-14-12(10)13(11)15-8-9;14*1-2/h3*2-9H,1H3;4*2-8H,1H3;14*1-2H3. The van der Waals surface area contributed by atoms with E-state index in [0.29, 0.717) is 0 Å². The van der Waals surface area contributed by atoms with E-state index in [0.717, 1.165) is 98.7 Å². The minimum atomic E-state index is 0.981. The maximum absolute atomic E-state index is 4.54. The molecule has 0 aliphatic heterocycles. The van der Waals surface area contributed by atoms with Gasteiger partial charge in [-0.1, -0.05) is 387 Å². The molecule has 133 heavy (non-hydrogen) atoms. The smallest absolute Gasteiger partial charge is 0.0967 e. The fraction of sp³-hybridized carbons (Fsp3) is 0.287. The Morgan fingerprint density at radius 3 is 0.992 bits per heavy atom. The number of fused-ring (bicyclic) bond motifs is 21. The maximum atomic E-state index is 4.54. The first kappa shape index (κ1) is 117. The Morgan fingerprint density at radius 1 is 0.143 bits per heavy atom. The van der Waals surface area contributed by atoms with Crippen molar-refractivity contribution in [3.05, 3.63) is 356 Å². The minimum Gasteiger partial charge on any atom is -0.256 e. The van der Waals surface area contributed by atoms with Crippen molar-refractivity contribution in [2.75, 3.05) is 0 Å². The van der Waals surface area contributed by atoms with E-state index < -0.39 is 0 Å². The summed E-state index contributed by atoms with van der Waals surface area (Å²) in [5, 5.41) is 20.4. The van der Waals surface area contributed by atoms with E-state index in [2.05, 4.69) is 290 Å².